The molecule has 0 atom stereocenters. The molecule has 0 spiro atoms. The molecule has 112 valence electrons. The van der Waals surface area contributed by atoms with Crippen LogP contribution in [0.25, 0.3) is 11.0 Å². The van der Waals surface area contributed by atoms with Crippen LogP contribution in [-0.2, 0) is 11.3 Å². The number of halogens is 1. The molecule has 3 rings (SSSR count). The Morgan fingerprint density at radius 2 is 2.29 bits per heavy atom. The molecule has 0 unspecified atom stereocenters. The molecule has 1 saturated carbocycles. The average Bonchev–Trinajstić information content (AvgIpc) is 3.19. The van der Waals surface area contributed by atoms with Crippen LogP contribution in [0.4, 0.5) is 0 Å². The first-order valence-corrected chi connectivity index (χ1v) is 8.92. The van der Waals surface area contributed by atoms with Crippen LogP contribution in [0.1, 0.15) is 25.7 Å². The fourth-order valence-electron chi connectivity index (χ4n) is 2.48. The van der Waals surface area contributed by atoms with Crippen molar-refractivity contribution in [3.63, 3.8) is 0 Å². The zero-order chi connectivity index (χ0) is 14.8. The second-order valence-corrected chi connectivity index (χ2v) is 7.31. The lowest BCUT2D eigenvalue weighted by atomic mass is 10.2. The molecule has 0 bridgehead atoms. The zero-order valence-electron chi connectivity index (χ0n) is 11.6. The number of fused-ring (bicyclic) bond motifs is 1. The van der Waals surface area contributed by atoms with Crippen molar-refractivity contribution in [2.45, 2.75) is 37.4 Å². The average molecular weight is 369 g/mol. The van der Waals surface area contributed by atoms with Gasteiger partial charge in [0.25, 0.3) is 0 Å². The molecule has 2 aromatic rings. The molecule has 0 saturated heterocycles. The topological polar surface area (TPSA) is 55.1 Å². The molecule has 0 aliphatic heterocycles. The number of aliphatic carboxylic acids is 1. The summed E-state index contributed by atoms with van der Waals surface area (Å²) in [5.74, 6) is 0.162. The van der Waals surface area contributed by atoms with E-state index in [-0.39, 0.29) is 5.75 Å². The van der Waals surface area contributed by atoms with Gasteiger partial charge in [-0.3, -0.25) is 4.79 Å². The van der Waals surface area contributed by atoms with E-state index in [1.807, 2.05) is 18.2 Å². The molecule has 21 heavy (non-hydrogen) atoms. The third-order valence-electron chi connectivity index (χ3n) is 3.69. The van der Waals surface area contributed by atoms with Gasteiger partial charge in [-0.2, -0.15) is 0 Å². The third-order valence-corrected chi connectivity index (χ3v) is 5.15. The molecule has 1 aliphatic rings. The monoisotopic (exact) mass is 368 g/mol. The Bertz CT molecular complexity index is 667. The Morgan fingerprint density at radius 3 is 3.00 bits per heavy atom. The number of rotatable bonds is 7. The van der Waals surface area contributed by atoms with Crippen molar-refractivity contribution in [1.82, 2.24) is 9.55 Å². The van der Waals surface area contributed by atoms with E-state index < -0.39 is 5.97 Å². The first-order valence-electron chi connectivity index (χ1n) is 7.14. The van der Waals surface area contributed by atoms with Crippen LogP contribution in [0.5, 0.6) is 0 Å². The third kappa shape index (κ3) is 3.80. The Balaban J connectivity index is 1.83. The van der Waals surface area contributed by atoms with Gasteiger partial charge in [-0.15, -0.1) is 0 Å². The van der Waals surface area contributed by atoms with Gasteiger partial charge in [-0.05, 0) is 37.0 Å². The van der Waals surface area contributed by atoms with Gasteiger partial charge < -0.3 is 9.67 Å². The van der Waals surface area contributed by atoms with Crippen molar-refractivity contribution in [2.75, 3.05) is 5.75 Å². The first-order chi connectivity index (χ1) is 10.1. The van der Waals surface area contributed by atoms with Gasteiger partial charge in [-0.1, -0.05) is 40.5 Å². The van der Waals surface area contributed by atoms with Gasteiger partial charge in [0.05, 0.1) is 16.8 Å². The predicted molar refractivity (Wildman–Crippen MR) is 87.8 cm³/mol. The summed E-state index contributed by atoms with van der Waals surface area (Å²) in [6.45, 7) is 0.913. The summed E-state index contributed by atoms with van der Waals surface area (Å²) in [5.41, 5.74) is 2.01. The minimum atomic E-state index is -0.808. The van der Waals surface area contributed by atoms with Crippen molar-refractivity contribution in [3.8, 4) is 0 Å². The number of hydrogen-bond donors (Lipinski definition) is 1. The lowest BCUT2D eigenvalue weighted by Crippen LogP contribution is -2.04. The number of carbonyl (C=O) groups is 1. The highest BCUT2D eigenvalue weighted by Crippen LogP contribution is 2.34. The standard InChI is InChI=1S/C15H17BrN2O2S/c16-11-5-6-13-12(8-11)17-15(21-9-14(19)20)18(13)7-1-2-10-3-4-10/h5-6,8,10H,1-4,7,9H2,(H,19,20). The van der Waals surface area contributed by atoms with Gasteiger partial charge in [0, 0.05) is 11.0 Å². The van der Waals surface area contributed by atoms with E-state index in [2.05, 4.69) is 25.5 Å². The highest BCUT2D eigenvalue weighted by atomic mass is 79.9. The van der Waals surface area contributed by atoms with Crippen molar-refractivity contribution in [1.29, 1.82) is 0 Å². The summed E-state index contributed by atoms with van der Waals surface area (Å²) >= 11 is 4.76. The van der Waals surface area contributed by atoms with Gasteiger partial charge in [0.2, 0.25) is 0 Å². The van der Waals surface area contributed by atoms with Crippen LogP contribution >= 0.6 is 27.7 Å². The SMILES string of the molecule is O=C(O)CSc1nc2cc(Br)ccc2n1CCCC1CC1. The van der Waals surface area contributed by atoms with E-state index >= 15 is 0 Å². The maximum Gasteiger partial charge on any atom is 0.313 e. The molecule has 6 heteroatoms. The smallest absolute Gasteiger partial charge is 0.313 e. The van der Waals surface area contributed by atoms with Crippen LogP contribution in [0.3, 0.4) is 0 Å². The summed E-state index contributed by atoms with van der Waals surface area (Å²) < 4.78 is 3.16. The summed E-state index contributed by atoms with van der Waals surface area (Å²) in [6.07, 6.45) is 5.14. The summed E-state index contributed by atoms with van der Waals surface area (Å²) in [5, 5.41) is 9.68. The number of thioether (sulfide) groups is 1. The molecule has 4 nitrogen and oxygen atoms in total. The van der Waals surface area contributed by atoms with E-state index in [1.54, 1.807) is 0 Å². The Morgan fingerprint density at radius 1 is 1.48 bits per heavy atom. The fraction of sp³-hybridized carbons (Fsp3) is 0.467. The highest BCUT2D eigenvalue weighted by Gasteiger charge is 2.21. The number of carboxylic acids is 1. The molecular weight excluding hydrogens is 352 g/mol. The van der Waals surface area contributed by atoms with Crippen molar-refractivity contribution < 1.29 is 9.90 Å². The van der Waals surface area contributed by atoms with Gasteiger partial charge in [0.15, 0.2) is 5.16 Å². The van der Waals surface area contributed by atoms with Crippen LogP contribution in [0.15, 0.2) is 27.8 Å². The summed E-state index contributed by atoms with van der Waals surface area (Å²) in [4.78, 5) is 15.4. The Kier molecular flexibility index (Phi) is 4.54. The molecule has 1 aliphatic carbocycles. The minimum absolute atomic E-state index is 0.0487. The van der Waals surface area contributed by atoms with E-state index in [0.29, 0.717) is 0 Å². The Labute approximate surface area is 136 Å². The quantitative estimate of drug-likeness (QED) is 0.745. The first kappa shape index (κ1) is 14.9. The van der Waals surface area contributed by atoms with E-state index in [0.717, 1.165) is 39.5 Å². The highest BCUT2D eigenvalue weighted by molar-refractivity contribution is 9.10. The zero-order valence-corrected chi connectivity index (χ0v) is 14.0. The van der Waals surface area contributed by atoms with E-state index in [1.165, 1.54) is 31.0 Å². The number of carboxylic acid groups (broad SMARTS) is 1. The Hall–Kier alpha value is -1.01. The van der Waals surface area contributed by atoms with Gasteiger partial charge in [-0.25, -0.2) is 4.98 Å². The fourth-order valence-corrected chi connectivity index (χ4v) is 3.59. The molecular formula is C15H17BrN2O2S. The molecule has 1 aromatic heterocycles. The van der Waals surface area contributed by atoms with E-state index in [4.69, 9.17) is 5.11 Å². The van der Waals surface area contributed by atoms with Crippen LogP contribution < -0.4 is 0 Å². The van der Waals surface area contributed by atoms with Crippen molar-refractivity contribution >= 4 is 44.7 Å². The number of imidazole rings is 1. The normalized spacial score (nSPS) is 14.7. The molecule has 1 heterocycles. The molecule has 0 radical (unpaired) electrons. The summed E-state index contributed by atoms with van der Waals surface area (Å²) in [6, 6.07) is 6.04. The number of nitrogens with zero attached hydrogens (tertiary/aromatic N) is 2. The lowest BCUT2D eigenvalue weighted by Gasteiger charge is -2.08. The molecule has 1 fully saturated rings. The van der Waals surface area contributed by atoms with Crippen LogP contribution in [0, 0.1) is 5.92 Å². The molecule has 0 amide bonds. The van der Waals surface area contributed by atoms with Crippen LogP contribution in [-0.4, -0.2) is 26.4 Å². The molecule has 1 aromatic carbocycles. The maximum atomic E-state index is 10.8. The predicted octanol–water partition coefficient (Wildman–Crippen LogP) is 4.17. The second kappa shape index (κ2) is 6.40. The number of benzene rings is 1. The number of aryl methyl sites for hydroxylation is 1. The number of aromatic nitrogens is 2. The summed E-state index contributed by atoms with van der Waals surface area (Å²) in [7, 11) is 0. The lowest BCUT2D eigenvalue weighted by molar-refractivity contribution is -0.133. The van der Waals surface area contributed by atoms with Crippen molar-refractivity contribution in [3.05, 3.63) is 22.7 Å². The number of hydrogen-bond acceptors (Lipinski definition) is 3. The largest absolute Gasteiger partial charge is 0.481 e. The molecule has 1 N–H and O–H groups in total. The minimum Gasteiger partial charge on any atom is -0.481 e. The second-order valence-electron chi connectivity index (χ2n) is 5.45. The van der Waals surface area contributed by atoms with Gasteiger partial charge in [0.1, 0.15) is 0 Å². The van der Waals surface area contributed by atoms with Crippen LogP contribution in [0.2, 0.25) is 0 Å². The maximum absolute atomic E-state index is 10.8. The van der Waals surface area contributed by atoms with Gasteiger partial charge >= 0.3 is 5.97 Å². The van der Waals surface area contributed by atoms with E-state index in [9.17, 15) is 4.79 Å². The van der Waals surface area contributed by atoms with Crippen molar-refractivity contribution in [2.24, 2.45) is 5.92 Å².